The first-order valence-electron chi connectivity index (χ1n) is 5.47. The van der Waals surface area contributed by atoms with Crippen molar-refractivity contribution in [1.29, 1.82) is 0 Å². The summed E-state index contributed by atoms with van der Waals surface area (Å²) in [6, 6.07) is 4.38. The molecule has 6 heteroatoms. The number of nitrogens with zero attached hydrogens (tertiary/aromatic N) is 2. The highest BCUT2D eigenvalue weighted by atomic mass is 19.1. The summed E-state index contributed by atoms with van der Waals surface area (Å²) in [7, 11) is 0. The van der Waals surface area contributed by atoms with Gasteiger partial charge in [0, 0.05) is 37.3 Å². The Balaban J connectivity index is 2.16. The fourth-order valence-corrected chi connectivity index (χ4v) is 2.08. The Labute approximate surface area is 98.2 Å². The highest BCUT2D eigenvalue weighted by molar-refractivity contribution is 5.36. The van der Waals surface area contributed by atoms with Gasteiger partial charge < -0.3 is 5.73 Å². The van der Waals surface area contributed by atoms with Crippen molar-refractivity contribution in [1.82, 2.24) is 4.90 Å². The molecule has 1 aliphatic rings. The summed E-state index contributed by atoms with van der Waals surface area (Å²) in [5.41, 5.74) is 5.64. The second-order valence-corrected chi connectivity index (χ2v) is 4.29. The van der Waals surface area contributed by atoms with Crippen LogP contribution in [-0.4, -0.2) is 29.0 Å². The van der Waals surface area contributed by atoms with Gasteiger partial charge in [0.1, 0.15) is 0 Å². The van der Waals surface area contributed by atoms with Gasteiger partial charge in [0.2, 0.25) is 5.82 Å². The van der Waals surface area contributed by atoms with Gasteiger partial charge in [0.15, 0.2) is 0 Å². The molecule has 2 rings (SSSR count). The molecule has 5 nitrogen and oxygen atoms in total. The monoisotopic (exact) mass is 239 g/mol. The van der Waals surface area contributed by atoms with Crippen LogP contribution in [-0.2, 0) is 6.54 Å². The zero-order valence-electron chi connectivity index (χ0n) is 9.30. The van der Waals surface area contributed by atoms with Gasteiger partial charge in [0.05, 0.1) is 4.92 Å². The van der Waals surface area contributed by atoms with Crippen LogP contribution < -0.4 is 5.73 Å². The molecular formula is C11H14FN3O2. The zero-order chi connectivity index (χ0) is 12.4. The Morgan fingerprint density at radius 3 is 2.94 bits per heavy atom. The maximum absolute atomic E-state index is 13.8. The van der Waals surface area contributed by atoms with Crippen LogP contribution in [0.1, 0.15) is 12.0 Å². The Bertz CT molecular complexity index is 439. The second kappa shape index (κ2) is 4.77. The number of hydrogen-bond acceptors (Lipinski definition) is 4. The van der Waals surface area contributed by atoms with Crippen molar-refractivity contribution in [3.8, 4) is 0 Å². The maximum Gasteiger partial charge on any atom is 0.305 e. The van der Waals surface area contributed by atoms with Gasteiger partial charge in [-0.2, -0.15) is 4.39 Å². The van der Waals surface area contributed by atoms with E-state index in [1.54, 1.807) is 6.07 Å². The summed E-state index contributed by atoms with van der Waals surface area (Å²) >= 11 is 0. The van der Waals surface area contributed by atoms with Gasteiger partial charge >= 0.3 is 5.69 Å². The third kappa shape index (κ3) is 2.59. The summed E-state index contributed by atoms with van der Waals surface area (Å²) in [4.78, 5) is 11.9. The highest BCUT2D eigenvalue weighted by Gasteiger charge is 2.22. The number of nitro benzene ring substituents is 1. The lowest BCUT2D eigenvalue weighted by molar-refractivity contribution is -0.387. The number of rotatable bonds is 3. The SMILES string of the molecule is N[C@H]1CCN(Cc2cccc([N+](=O)[O-])c2F)C1. The minimum absolute atomic E-state index is 0.122. The first-order valence-corrected chi connectivity index (χ1v) is 5.47. The van der Waals surface area contributed by atoms with Crippen LogP contribution in [0.5, 0.6) is 0 Å². The van der Waals surface area contributed by atoms with E-state index in [9.17, 15) is 14.5 Å². The normalized spacial score (nSPS) is 20.7. The maximum atomic E-state index is 13.8. The average molecular weight is 239 g/mol. The molecule has 1 saturated heterocycles. The van der Waals surface area contributed by atoms with Crippen LogP contribution in [0.3, 0.4) is 0 Å². The Morgan fingerprint density at radius 2 is 2.35 bits per heavy atom. The molecule has 1 aliphatic heterocycles. The van der Waals surface area contributed by atoms with Crippen LogP contribution in [0, 0.1) is 15.9 Å². The molecule has 0 spiro atoms. The minimum atomic E-state index is -0.738. The lowest BCUT2D eigenvalue weighted by atomic mass is 10.1. The lowest BCUT2D eigenvalue weighted by Crippen LogP contribution is -2.26. The fourth-order valence-electron chi connectivity index (χ4n) is 2.08. The van der Waals surface area contributed by atoms with E-state index >= 15 is 0 Å². The predicted molar refractivity (Wildman–Crippen MR) is 60.9 cm³/mol. The van der Waals surface area contributed by atoms with Gasteiger partial charge in [-0.25, -0.2) is 0 Å². The number of hydrogen-bond donors (Lipinski definition) is 1. The largest absolute Gasteiger partial charge is 0.326 e. The first kappa shape index (κ1) is 11.9. The van der Waals surface area contributed by atoms with Crippen molar-refractivity contribution in [2.75, 3.05) is 13.1 Å². The van der Waals surface area contributed by atoms with Crippen molar-refractivity contribution >= 4 is 5.69 Å². The van der Waals surface area contributed by atoms with E-state index in [1.165, 1.54) is 12.1 Å². The predicted octanol–water partition coefficient (Wildman–Crippen LogP) is 1.27. The molecule has 1 fully saturated rings. The molecular weight excluding hydrogens is 225 g/mol. The molecule has 0 amide bonds. The first-order chi connectivity index (χ1) is 8.08. The van der Waals surface area contributed by atoms with Crippen LogP contribution in [0.4, 0.5) is 10.1 Å². The molecule has 0 aromatic heterocycles. The van der Waals surface area contributed by atoms with E-state index < -0.39 is 16.4 Å². The third-order valence-corrected chi connectivity index (χ3v) is 2.96. The topological polar surface area (TPSA) is 72.4 Å². The zero-order valence-corrected chi connectivity index (χ0v) is 9.30. The van der Waals surface area contributed by atoms with E-state index in [0.717, 1.165) is 13.0 Å². The molecule has 0 unspecified atom stereocenters. The van der Waals surface area contributed by atoms with Gasteiger partial charge in [-0.1, -0.05) is 12.1 Å². The minimum Gasteiger partial charge on any atom is -0.326 e. The molecule has 0 bridgehead atoms. The van der Waals surface area contributed by atoms with Crippen molar-refractivity contribution < 1.29 is 9.31 Å². The number of nitro groups is 1. The number of likely N-dealkylation sites (tertiary alicyclic amines) is 1. The summed E-state index contributed by atoms with van der Waals surface area (Å²) in [5.74, 6) is -0.738. The molecule has 1 atom stereocenters. The summed E-state index contributed by atoms with van der Waals surface area (Å²) in [5, 5.41) is 10.6. The van der Waals surface area contributed by atoms with Gasteiger partial charge in [-0.15, -0.1) is 0 Å². The number of halogens is 1. The number of benzene rings is 1. The van der Waals surface area contributed by atoms with E-state index in [1.807, 2.05) is 4.90 Å². The van der Waals surface area contributed by atoms with E-state index in [-0.39, 0.29) is 6.04 Å². The standard InChI is InChI=1S/C11H14FN3O2/c12-11-8(2-1-3-10(11)15(16)17)6-14-5-4-9(13)7-14/h1-3,9H,4-7,13H2/t9-/m0/s1. The van der Waals surface area contributed by atoms with Crippen molar-refractivity contribution in [2.24, 2.45) is 5.73 Å². The summed E-state index contributed by atoms with van der Waals surface area (Å²) in [6.07, 6.45) is 0.885. The van der Waals surface area contributed by atoms with E-state index in [4.69, 9.17) is 5.73 Å². The Hall–Kier alpha value is -1.53. The molecule has 1 aromatic carbocycles. The molecule has 0 radical (unpaired) electrons. The van der Waals surface area contributed by atoms with Crippen molar-refractivity contribution in [3.63, 3.8) is 0 Å². The van der Waals surface area contributed by atoms with Crippen molar-refractivity contribution in [3.05, 3.63) is 39.7 Å². The van der Waals surface area contributed by atoms with Crippen LogP contribution in [0.15, 0.2) is 18.2 Å². The van der Waals surface area contributed by atoms with Crippen LogP contribution in [0.2, 0.25) is 0 Å². The molecule has 1 heterocycles. The quantitative estimate of drug-likeness (QED) is 0.636. The molecule has 17 heavy (non-hydrogen) atoms. The Kier molecular flexibility index (Phi) is 3.35. The average Bonchev–Trinajstić information content (AvgIpc) is 2.67. The van der Waals surface area contributed by atoms with Crippen molar-refractivity contribution in [2.45, 2.75) is 19.0 Å². The summed E-state index contributed by atoms with van der Waals surface area (Å²) in [6.45, 7) is 1.90. The molecule has 0 aliphatic carbocycles. The van der Waals surface area contributed by atoms with Gasteiger partial charge in [-0.3, -0.25) is 15.0 Å². The third-order valence-electron chi connectivity index (χ3n) is 2.96. The highest BCUT2D eigenvalue weighted by Crippen LogP contribution is 2.22. The fraction of sp³-hybridized carbons (Fsp3) is 0.455. The summed E-state index contributed by atoms with van der Waals surface area (Å²) < 4.78 is 13.8. The molecule has 1 aromatic rings. The van der Waals surface area contributed by atoms with Gasteiger partial charge in [0.25, 0.3) is 0 Å². The van der Waals surface area contributed by atoms with E-state index in [2.05, 4.69) is 0 Å². The molecule has 0 saturated carbocycles. The second-order valence-electron chi connectivity index (χ2n) is 4.29. The lowest BCUT2D eigenvalue weighted by Gasteiger charge is -2.15. The smallest absolute Gasteiger partial charge is 0.305 e. The molecule has 92 valence electrons. The Morgan fingerprint density at radius 1 is 1.59 bits per heavy atom. The molecule has 2 N–H and O–H groups in total. The number of nitrogens with two attached hydrogens (primary N) is 1. The van der Waals surface area contributed by atoms with Crippen LogP contribution in [0.25, 0.3) is 0 Å². The van der Waals surface area contributed by atoms with E-state index in [0.29, 0.717) is 18.7 Å². The van der Waals surface area contributed by atoms with Gasteiger partial charge in [-0.05, 0) is 6.42 Å². The van der Waals surface area contributed by atoms with Crippen LogP contribution >= 0.6 is 0 Å².